The van der Waals surface area contributed by atoms with Crippen LogP contribution in [-0.2, 0) is 0 Å². The van der Waals surface area contributed by atoms with Crippen molar-refractivity contribution in [3.05, 3.63) is 24.5 Å². The third kappa shape index (κ3) is 3.07. The second-order valence-electron chi connectivity index (χ2n) is 4.21. The fraction of sp³-hybridized carbons (Fsp3) is 0.385. The average molecular weight is 246 g/mol. The van der Waals surface area contributed by atoms with Gasteiger partial charge in [-0.3, -0.25) is 0 Å². The molecular formula is C13H18N4O. The molecule has 0 atom stereocenters. The molecule has 0 bridgehead atoms. The van der Waals surface area contributed by atoms with Crippen molar-refractivity contribution in [2.45, 2.75) is 19.3 Å². The fourth-order valence-electron chi connectivity index (χ4n) is 1.84. The van der Waals surface area contributed by atoms with Crippen LogP contribution in [0.25, 0.3) is 10.9 Å². The topological polar surface area (TPSA) is 84.1 Å². The third-order valence-electron chi connectivity index (χ3n) is 2.79. The van der Waals surface area contributed by atoms with Gasteiger partial charge in [0, 0.05) is 24.2 Å². The summed E-state index contributed by atoms with van der Waals surface area (Å²) in [6.07, 6.45) is 4.41. The molecule has 0 aliphatic heterocycles. The van der Waals surface area contributed by atoms with Crippen LogP contribution in [-0.4, -0.2) is 28.2 Å². The molecule has 0 amide bonds. The number of nitrogens with two attached hydrogens (primary N) is 1. The van der Waals surface area contributed by atoms with E-state index in [-0.39, 0.29) is 6.61 Å². The lowest BCUT2D eigenvalue weighted by molar-refractivity contribution is 0.283. The standard InChI is InChI=1S/C13H18N4O/c14-10-4-5-12-11(8-10)13(17-9-16-12)15-6-2-1-3-7-18/h4-5,8-9,18H,1-3,6-7,14H2,(H,15,16,17). The van der Waals surface area contributed by atoms with E-state index in [1.165, 1.54) is 0 Å². The van der Waals surface area contributed by atoms with Crippen LogP contribution < -0.4 is 11.1 Å². The molecule has 0 saturated heterocycles. The van der Waals surface area contributed by atoms with Crippen molar-refractivity contribution in [3.63, 3.8) is 0 Å². The molecule has 5 heteroatoms. The predicted octanol–water partition coefficient (Wildman–Crippen LogP) is 1.79. The van der Waals surface area contributed by atoms with Gasteiger partial charge in [0.2, 0.25) is 0 Å². The molecule has 5 nitrogen and oxygen atoms in total. The molecule has 0 spiro atoms. The second kappa shape index (κ2) is 6.16. The van der Waals surface area contributed by atoms with Gasteiger partial charge < -0.3 is 16.2 Å². The summed E-state index contributed by atoms with van der Waals surface area (Å²) >= 11 is 0. The fourth-order valence-corrected chi connectivity index (χ4v) is 1.84. The number of aliphatic hydroxyl groups excluding tert-OH is 1. The molecule has 18 heavy (non-hydrogen) atoms. The van der Waals surface area contributed by atoms with Crippen molar-refractivity contribution in [3.8, 4) is 0 Å². The average Bonchev–Trinajstić information content (AvgIpc) is 2.39. The number of nitrogen functional groups attached to an aromatic ring is 1. The number of nitrogens with zero attached hydrogens (tertiary/aromatic N) is 2. The van der Waals surface area contributed by atoms with E-state index in [1.54, 1.807) is 6.33 Å². The summed E-state index contributed by atoms with van der Waals surface area (Å²) in [5, 5.41) is 12.9. The third-order valence-corrected chi connectivity index (χ3v) is 2.79. The normalized spacial score (nSPS) is 10.7. The first-order chi connectivity index (χ1) is 8.81. The van der Waals surface area contributed by atoms with Crippen molar-refractivity contribution in [2.75, 3.05) is 24.2 Å². The minimum absolute atomic E-state index is 0.257. The molecule has 1 aromatic heterocycles. The summed E-state index contributed by atoms with van der Waals surface area (Å²) in [5.74, 6) is 0.816. The Balaban J connectivity index is 2.05. The molecular weight excluding hydrogens is 228 g/mol. The molecule has 4 N–H and O–H groups in total. The Bertz CT molecular complexity index is 515. The maximum atomic E-state index is 8.70. The van der Waals surface area contributed by atoms with Crippen LogP contribution in [0.15, 0.2) is 24.5 Å². The minimum atomic E-state index is 0.257. The number of aromatic nitrogens is 2. The molecule has 2 rings (SSSR count). The molecule has 1 aromatic carbocycles. The number of hydrogen-bond acceptors (Lipinski definition) is 5. The second-order valence-corrected chi connectivity index (χ2v) is 4.21. The number of nitrogens with one attached hydrogen (secondary N) is 1. The number of benzene rings is 1. The van der Waals surface area contributed by atoms with Crippen molar-refractivity contribution in [1.82, 2.24) is 9.97 Å². The number of anilines is 2. The zero-order valence-corrected chi connectivity index (χ0v) is 10.3. The summed E-state index contributed by atoms with van der Waals surface area (Å²) < 4.78 is 0. The van der Waals surface area contributed by atoms with E-state index < -0.39 is 0 Å². The molecule has 0 saturated carbocycles. The highest BCUT2D eigenvalue weighted by Crippen LogP contribution is 2.21. The maximum Gasteiger partial charge on any atom is 0.137 e. The predicted molar refractivity (Wildman–Crippen MR) is 73.4 cm³/mol. The molecule has 0 aliphatic carbocycles. The van der Waals surface area contributed by atoms with Crippen molar-refractivity contribution < 1.29 is 5.11 Å². The van der Waals surface area contributed by atoms with Crippen LogP contribution in [0.1, 0.15) is 19.3 Å². The van der Waals surface area contributed by atoms with E-state index >= 15 is 0 Å². The first kappa shape index (κ1) is 12.6. The molecule has 0 radical (unpaired) electrons. The molecule has 0 aliphatic rings. The van der Waals surface area contributed by atoms with Gasteiger partial charge in [0.1, 0.15) is 12.1 Å². The van der Waals surface area contributed by atoms with Gasteiger partial charge in [0.25, 0.3) is 0 Å². The molecule has 2 aromatic rings. The Kier molecular flexibility index (Phi) is 4.30. The zero-order valence-electron chi connectivity index (χ0n) is 10.3. The molecule has 1 heterocycles. The van der Waals surface area contributed by atoms with Crippen LogP contribution in [0.3, 0.4) is 0 Å². The van der Waals surface area contributed by atoms with Crippen LogP contribution in [0, 0.1) is 0 Å². The summed E-state index contributed by atoms with van der Waals surface area (Å²) in [5.41, 5.74) is 7.37. The molecule has 0 unspecified atom stereocenters. The Morgan fingerprint density at radius 2 is 2.06 bits per heavy atom. The van der Waals surface area contributed by atoms with Crippen molar-refractivity contribution in [1.29, 1.82) is 0 Å². The first-order valence-electron chi connectivity index (χ1n) is 6.16. The summed E-state index contributed by atoms with van der Waals surface area (Å²) in [6, 6.07) is 5.61. The molecule has 96 valence electrons. The van der Waals surface area contributed by atoms with E-state index in [1.807, 2.05) is 18.2 Å². The van der Waals surface area contributed by atoms with Crippen molar-refractivity contribution >= 4 is 22.4 Å². The Labute approximate surface area is 106 Å². The van der Waals surface area contributed by atoms with Crippen LogP contribution in [0.4, 0.5) is 11.5 Å². The van der Waals surface area contributed by atoms with Gasteiger partial charge in [-0.1, -0.05) is 0 Å². The summed E-state index contributed by atoms with van der Waals surface area (Å²) in [4.78, 5) is 8.44. The van der Waals surface area contributed by atoms with Gasteiger partial charge in [-0.15, -0.1) is 0 Å². The van der Waals surface area contributed by atoms with E-state index in [2.05, 4.69) is 15.3 Å². The molecule has 0 fully saturated rings. The van der Waals surface area contributed by atoms with E-state index in [9.17, 15) is 0 Å². The van der Waals surface area contributed by atoms with Gasteiger partial charge in [0.05, 0.1) is 5.52 Å². The van der Waals surface area contributed by atoms with E-state index in [0.717, 1.165) is 42.5 Å². The van der Waals surface area contributed by atoms with Gasteiger partial charge >= 0.3 is 0 Å². The Hall–Kier alpha value is -1.88. The monoisotopic (exact) mass is 246 g/mol. The lowest BCUT2D eigenvalue weighted by Crippen LogP contribution is -2.04. The van der Waals surface area contributed by atoms with Gasteiger partial charge in [0.15, 0.2) is 0 Å². The lowest BCUT2D eigenvalue weighted by atomic mass is 10.2. The van der Waals surface area contributed by atoms with Crippen LogP contribution in [0.5, 0.6) is 0 Å². The summed E-state index contributed by atoms with van der Waals surface area (Å²) in [7, 11) is 0. The van der Waals surface area contributed by atoms with Crippen LogP contribution in [0.2, 0.25) is 0 Å². The number of unbranched alkanes of at least 4 members (excludes halogenated alkanes) is 2. The SMILES string of the molecule is Nc1ccc2ncnc(NCCCCCO)c2c1. The minimum Gasteiger partial charge on any atom is -0.399 e. The number of rotatable bonds is 6. The highest BCUT2D eigenvalue weighted by atomic mass is 16.2. The number of hydrogen-bond donors (Lipinski definition) is 3. The lowest BCUT2D eigenvalue weighted by Gasteiger charge is -2.08. The van der Waals surface area contributed by atoms with Crippen LogP contribution >= 0.6 is 0 Å². The highest BCUT2D eigenvalue weighted by Gasteiger charge is 2.03. The van der Waals surface area contributed by atoms with E-state index in [4.69, 9.17) is 10.8 Å². The van der Waals surface area contributed by atoms with Crippen molar-refractivity contribution in [2.24, 2.45) is 0 Å². The van der Waals surface area contributed by atoms with Gasteiger partial charge in [-0.2, -0.15) is 0 Å². The smallest absolute Gasteiger partial charge is 0.137 e. The maximum absolute atomic E-state index is 8.70. The Morgan fingerprint density at radius 1 is 1.17 bits per heavy atom. The Morgan fingerprint density at radius 3 is 2.89 bits per heavy atom. The zero-order chi connectivity index (χ0) is 12.8. The first-order valence-corrected chi connectivity index (χ1v) is 6.16. The largest absolute Gasteiger partial charge is 0.399 e. The van der Waals surface area contributed by atoms with Gasteiger partial charge in [-0.25, -0.2) is 9.97 Å². The number of fused-ring (bicyclic) bond motifs is 1. The highest BCUT2D eigenvalue weighted by molar-refractivity contribution is 5.91. The summed E-state index contributed by atoms with van der Waals surface area (Å²) in [6.45, 7) is 1.09. The van der Waals surface area contributed by atoms with Gasteiger partial charge in [-0.05, 0) is 37.5 Å². The number of aliphatic hydroxyl groups is 1. The van der Waals surface area contributed by atoms with E-state index in [0.29, 0.717) is 5.69 Å². The quantitative estimate of drug-likeness (QED) is 0.534.